The molecule has 0 saturated heterocycles. The minimum atomic E-state index is -0.398. The van der Waals surface area contributed by atoms with E-state index >= 15 is 0 Å². The number of rotatable bonds is 3. The second-order valence-corrected chi connectivity index (χ2v) is 4.57. The highest BCUT2D eigenvalue weighted by molar-refractivity contribution is 5.90. The molecule has 1 aromatic rings. The molecule has 0 atom stereocenters. The van der Waals surface area contributed by atoms with E-state index in [1.807, 2.05) is 48.5 Å². The van der Waals surface area contributed by atoms with Gasteiger partial charge in [0, 0.05) is 0 Å². The van der Waals surface area contributed by atoms with E-state index in [2.05, 4.69) is 4.74 Å². The molecule has 0 aliphatic carbocycles. The molecule has 4 heteroatoms. The molecule has 4 nitrogen and oxygen atoms in total. The van der Waals surface area contributed by atoms with Crippen molar-refractivity contribution in [1.82, 2.24) is 0 Å². The van der Waals surface area contributed by atoms with Gasteiger partial charge in [0.05, 0.1) is 19.8 Å². The van der Waals surface area contributed by atoms with E-state index in [-0.39, 0.29) is 5.60 Å². The monoisotopic (exact) mass is 298 g/mol. The maximum absolute atomic E-state index is 11.4. The summed E-state index contributed by atoms with van der Waals surface area (Å²) in [6.07, 6.45) is 0. The molecule has 0 spiro atoms. The third kappa shape index (κ3) is 8.23. The maximum Gasteiger partial charge on any atom is 0.337 e. The van der Waals surface area contributed by atoms with Crippen LogP contribution in [0.15, 0.2) is 18.2 Å². The molecule has 0 N–H and O–H groups in total. The summed E-state index contributed by atoms with van der Waals surface area (Å²) in [5.74, 6) is 0.723. The van der Waals surface area contributed by atoms with Gasteiger partial charge >= 0.3 is 5.97 Å². The van der Waals surface area contributed by atoms with Crippen molar-refractivity contribution in [1.29, 1.82) is 0 Å². The molecule has 0 unspecified atom stereocenters. The second kappa shape index (κ2) is 11.0. The quantitative estimate of drug-likeness (QED) is 0.758. The Morgan fingerprint density at radius 1 is 0.952 bits per heavy atom. The molecular formula is C17H30O4. The first-order valence-electron chi connectivity index (χ1n) is 7.33. The average Bonchev–Trinajstić information content (AvgIpc) is 2.49. The van der Waals surface area contributed by atoms with Gasteiger partial charge in [-0.15, -0.1) is 0 Å². The lowest BCUT2D eigenvalue weighted by Crippen LogP contribution is -2.23. The number of methoxy groups -OCH3 is 2. The molecule has 1 aromatic carbocycles. The number of ether oxygens (including phenoxy) is 3. The molecule has 0 bridgehead atoms. The fourth-order valence-corrected chi connectivity index (χ4v) is 1.33. The Morgan fingerprint density at radius 2 is 1.48 bits per heavy atom. The van der Waals surface area contributed by atoms with Crippen LogP contribution in [0.3, 0.4) is 0 Å². The van der Waals surface area contributed by atoms with Gasteiger partial charge in [-0.05, 0) is 39.0 Å². The predicted octanol–water partition coefficient (Wildman–Crippen LogP) is 4.71. The zero-order chi connectivity index (χ0) is 17.1. The zero-order valence-corrected chi connectivity index (χ0v) is 14.9. The zero-order valence-electron chi connectivity index (χ0n) is 14.9. The molecule has 0 aliphatic rings. The number of benzene rings is 1. The van der Waals surface area contributed by atoms with Gasteiger partial charge in [0.15, 0.2) is 11.5 Å². The van der Waals surface area contributed by atoms with E-state index in [0.717, 1.165) is 0 Å². The molecule has 1 rings (SSSR count). The normalized spacial score (nSPS) is 9.38. The lowest BCUT2D eigenvalue weighted by molar-refractivity contribution is 0.0600. The Bertz CT molecular complexity index is 406. The van der Waals surface area contributed by atoms with Gasteiger partial charge < -0.3 is 14.2 Å². The molecular weight excluding hydrogens is 268 g/mol. The van der Waals surface area contributed by atoms with Crippen LogP contribution < -0.4 is 9.47 Å². The molecule has 0 amide bonds. The van der Waals surface area contributed by atoms with Gasteiger partial charge in [0.25, 0.3) is 0 Å². The number of esters is 1. The number of carbonyl (C=O) groups is 1. The molecule has 0 aromatic heterocycles. The van der Waals surface area contributed by atoms with Crippen molar-refractivity contribution in [3.8, 4) is 11.5 Å². The highest BCUT2D eigenvalue weighted by atomic mass is 16.5. The Morgan fingerprint density at radius 3 is 1.86 bits per heavy atom. The minimum absolute atomic E-state index is 0.319. The summed E-state index contributed by atoms with van der Waals surface area (Å²) in [6.45, 7) is 13.8. The van der Waals surface area contributed by atoms with E-state index in [9.17, 15) is 4.79 Å². The molecule has 0 aliphatic heterocycles. The summed E-state index contributed by atoms with van der Waals surface area (Å²) < 4.78 is 15.5. The summed E-state index contributed by atoms with van der Waals surface area (Å²) in [7, 11) is 2.88. The highest BCUT2D eigenvalue weighted by Crippen LogP contribution is 2.31. The maximum atomic E-state index is 11.4. The van der Waals surface area contributed by atoms with Crippen LogP contribution >= 0.6 is 0 Å². The smallest absolute Gasteiger partial charge is 0.337 e. The molecule has 0 saturated carbocycles. The Hall–Kier alpha value is -1.71. The van der Waals surface area contributed by atoms with Crippen molar-refractivity contribution in [2.75, 3.05) is 14.2 Å². The van der Waals surface area contributed by atoms with E-state index < -0.39 is 5.97 Å². The third-order valence-corrected chi connectivity index (χ3v) is 2.00. The molecule has 0 radical (unpaired) electrons. The highest BCUT2D eigenvalue weighted by Gasteiger charge is 2.17. The van der Waals surface area contributed by atoms with Crippen LogP contribution in [0.25, 0.3) is 0 Å². The standard InChI is InChI=1S/C13H18O4.2C2H6/c1-13(2,3)17-10-7-6-9(12(14)16-5)8-11(10)15-4;2*1-2/h6-8H,1-5H3;2*1-2H3. The minimum Gasteiger partial charge on any atom is -0.493 e. The summed E-state index contributed by atoms with van der Waals surface area (Å²) in [4.78, 5) is 11.4. The van der Waals surface area contributed by atoms with E-state index in [1.54, 1.807) is 18.2 Å². The first-order valence-corrected chi connectivity index (χ1v) is 7.33. The van der Waals surface area contributed by atoms with Crippen LogP contribution in [0.1, 0.15) is 58.8 Å². The van der Waals surface area contributed by atoms with Crippen molar-refractivity contribution < 1.29 is 19.0 Å². The summed E-state index contributed by atoms with van der Waals surface area (Å²) >= 11 is 0. The van der Waals surface area contributed by atoms with Crippen LogP contribution in [0.2, 0.25) is 0 Å². The third-order valence-electron chi connectivity index (χ3n) is 2.00. The van der Waals surface area contributed by atoms with Crippen LogP contribution in [-0.2, 0) is 4.74 Å². The fourth-order valence-electron chi connectivity index (χ4n) is 1.33. The fraction of sp³-hybridized carbons (Fsp3) is 0.588. The lowest BCUT2D eigenvalue weighted by Gasteiger charge is -2.22. The van der Waals surface area contributed by atoms with Crippen LogP contribution in [-0.4, -0.2) is 25.8 Å². The van der Waals surface area contributed by atoms with Crippen molar-refractivity contribution in [2.24, 2.45) is 0 Å². The van der Waals surface area contributed by atoms with Gasteiger partial charge in [-0.2, -0.15) is 0 Å². The molecule has 0 heterocycles. The van der Waals surface area contributed by atoms with Crippen molar-refractivity contribution in [3.63, 3.8) is 0 Å². The number of hydrogen-bond donors (Lipinski definition) is 0. The van der Waals surface area contributed by atoms with Crippen LogP contribution in [0.5, 0.6) is 11.5 Å². The second-order valence-electron chi connectivity index (χ2n) is 4.57. The van der Waals surface area contributed by atoms with Gasteiger partial charge in [0.2, 0.25) is 0 Å². The average molecular weight is 298 g/mol. The summed E-state index contributed by atoms with van der Waals surface area (Å²) in [5.41, 5.74) is 0.116. The first-order chi connectivity index (χ1) is 9.87. The van der Waals surface area contributed by atoms with Crippen LogP contribution in [0, 0.1) is 0 Å². The number of carbonyl (C=O) groups excluding carboxylic acids is 1. The molecule has 21 heavy (non-hydrogen) atoms. The van der Waals surface area contributed by atoms with Crippen LogP contribution in [0.4, 0.5) is 0 Å². The summed E-state index contributed by atoms with van der Waals surface area (Å²) in [5, 5.41) is 0. The lowest BCUT2D eigenvalue weighted by atomic mass is 10.1. The van der Waals surface area contributed by atoms with E-state index in [4.69, 9.17) is 9.47 Å². The van der Waals surface area contributed by atoms with Crippen molar-refractivity contribution in [2.45, 2.75) is 54.1 Å². The molecule has 0 fully saturated rings. The SMILES string of the molecule is CC.CC.COC(=O)c1ccc(OC(C)(C)C)c(OC)c1. The van der Waals surface area contributed by atoms with Crippen molar-refractivity contribution >= 4 is 5.97 Å². The molecule has 122 valence electrons. The summed E-state index contributed by atoms with van der Waals surface area (Å²) in [6, 6.07) is 4.96. The first kappa shape index (κ1) is 21.6. The largest absolute Gasteiger partial charge is 0.493 e. The van der Waals surface area contributed by atoms with E-state index in [1.165, 1.54) is 14.2 Å². The van der Waals surface area contributed by atoms with E-state index in [0.29, 0.717) is 17.1 Å². The van der Waals surface area contributed by atoms with Gasteiger partial charge in [-0.1, -0.05) is 27.7 Å². The van der Waals surface area contributed by atoms with Gasteiger partial charge in [-0.25, -0.2) is 4.79 Å². The topological polar surface area (TPSA) is 44.8 Å². The predicted molar refractivity (Wildman–Crippen MR) is 87.4 cm³/mol. The Labute approximate surface area is 129 Å². The van der Waals surface area contributed by atoms with Crippen molar-refractivity contribution in [3.05, 3.63) is 23.8 Å². The van der Waals surface area contributed by atoms with Gasteiger partial charge in [-0.3, -0.25) is 0 Å². The van der Waals surface area contributed by atoms with Gasteiger partial charge in [0.1, 0.15) is 5.60 Å². The number of hydrogen-bond acceptors (Lipinski definition) is 4. The Balaban J connectivity index is 0. The Kier molecular flexibility index (Phi) is 11.3.